The zero-order valence-electron chi connectivity index (χ0n) is 8.96. The molecule has 0 saturated heterocycles. The first-order valence-electron chi connectivity index (χ1n) is 4.90. The van der Waals surface area contributed by atoms with Gasteiger partial charge in [0, 0.05) is 18.4 Å². The average molecular weight is 167 g/mol. The summed E-state index contributed by atoms with van der Waals surface area (Å²) in [5.41, 5.74) is 1.43. The predicted octanol–water partition coefficient (Wildman–Crippen LogP) is 3.66. The van der Waals surface area contributed by atoms with Gasteiger partial charge in [0.05, 0.1) is 0 Å². The SMILES string of the molecule is CC.CCn1cccc1C(C)C. The molecule has 0 aliphatic rings. The molecular formula is C11H21N. The van der Waals surface area contributed by atoms with Gasteiger partial charge in [-0.25, -0.2) is 0 Å². The highest BCUT2D eigenvalue weighted by Crippen LogP contribution is 2.14. The van der Waals surface area contributed by atoms with Gasteiger partial charge in [-0.15, -0.1) is 0 Å². The molecular weight excluding hydrogens is 146 g/mol. The molecule has 1 nitrogen and oxygen atoms in total. The third-order valence-corrected chi connectivity index (χ3v) is 1.80. The third-order valence-electron chi connectivity index (χ3n) is 1.80. The van der Waals surface area contributed by atoms with Gasteiger partial charge < -0.3 is 4.57 Å². The largest absolute Gasteiger partial charge is 0.351 e. The Bertz CT molecular complexity index is 199. The molecule has 1 aromatic rings. The predicted molar refractivity (Wildman–Crippen MR) is 55.5 cm³/mol. The van der Waals surface area contributed by atoms with Crippen LogP contribution in [0.15, 0.2) is 18.3 Å². The Morgan fingerprint density at radius 3 is 2.25 bits per heavy atom. The number of hydrogen-bond donors (Lipinski definition) is 0. The van der Waals surface area contributed by atoms with Crippen molar-refractivity contribution in [2.24, 2.45) is 0 Å². The number of hydrogen-bond acceptors (Lipinski definition) is 0. The van der Waals surface area contributed by atoms with Gasteiger partial charge in [-0.1, -0.05) is 27.7 Å². The minimum Gasteiger partial charge on any atom is -0.351 e. The lowest BCUT2D eigenvalue weighted by Crippen LogP contribution is -1.99. The summed E-state index contributed by atoms with van der Waals surface area (Å²) in [4.78, 5) is 0. The summed E-state index contributed by atoms with van der Waals surface area (Å²) in [6.45, 7) is 11.7. The van der Waals surface area contributed by atoms with E-state index in [2.05, 4.69) is 43.7 Å². The Morgan fingerprint density at radius 2 is 1.92 bits per heavy atom. The lowest BCUT2D eigenvalue weighted by atomic mass is 10.1. The monoisotopic (exact) mass is 167 g/mol. The van der Waals surface area contributed by atoms with Crippen LogP contribution in [0.1, 0.15) is 46.2 Å². The van der Waals surface area contributed by atoms with Crippen LogP contribution < -0.4 is 0 Å². The maximum atomic E-state index is 2.28. The molecule has 0 N–H and O–H groups in total. The molecule has 0 amide bonds. The first kappa shape index (κ1) is 11.3. The van der Waals surface area contributed by atoms with Crippen LogP contribution >= 0.6 is 0 Å². The lowest BCUT2D eigenvalue weighted by Gasteiger charge is -2.08. The van der Waals surface area contributed by atoms with E-state index in [1.54, 1.807) is 0 Å². The van der Waals surface area contributed by atoms with Crippen molar-refractivity contribution in [1.29, 1.82) is 0 Å². The molecule has 0 saturated carbocycles. The smallest absolute Gasteiger partial charge is 0.0200 e. The molecule has 0 unspecified atom stereocenters. The fourth-order valence-corrected chi connectivity index (χ4v) is 1.24. The van der Waals surface area contributed by atoms with Gasteiger partial charge in [0.1, 0.15) is 0 Å². The topological polar surface area (TPSA) is 4.93 Å². The minimum absolute atomic E-state index is 0.648. The Labute approximate surface area is 76.4 Å². The molecule has 0 atom stereocenters. The third kappa shape index (κ3) is 2.72. The molecule has 1 heteroatoms. The van der Waals surface area contributed by atoms with E-state index in [1.165, 1.54) is 5.69 Å². The van der Waals surface area contributed by atoms with Gasteiger partial charge in [0.2, 0.25) is 0 Å². The van der Waals surface area contributed by atoms with Crippen molar-refractivity contribution in [2.45, 2.75) is 47.1 Å². The highest BCUT2D eigenvalue weighted by Gasteiger charge is 2.01. The van der Waals surface area contributed by atoms with Gasteiger partial charge in [-0.3, -0.25) is 0 Å². The first-order chi connectivity index (χ1) is 5.75. The van der Waals surface area contributed by atoms with E-state index >= 15 is 0 Å². The molecule has 0 aliphatic carbocycles. The van der Waals surface area contributed by atoms with Crippen molar-refractivity contribution in [2.75, 3.05) is 0 Å². The van der Waals surface area contributed by atoms with Crippen LogP contribution in [0, 0.1) is 0 Å². The Hall–Kier alpha value is -0.720. The molecule has 0 aromatic carbocycles. The highest BCUT2D eigenvalue weighted by molar-refractivity contribution is 5.10. The van der Waals surface area contributed by atoms with Crippen LogP contribution in [0.4, 0.5) is 0 Å². The van der Waals surface area contributed by atoms with Crippen LogP contribution in [0.25, 0.3) is 0 Å². The van der Waals surface area contributed by atoms with E-state index < -0.39 is 0 Å². The number of nitrogens with zero attached hydrogens (tertiary/aromatic N) is 1. The first-order valence-corrected chi connectivity index (χ1v) is 4.90. The zero-order chi connectivity index (χ0) is 9.56. The number of aromatic nitrogens is 1. The van der Waals surface area contributed by atoms with Crippen molar-refractivity contribution >= 4 is 0 Å². The van der Waals surface area contributed by atoms with Crippen molar-refractivity contribution in [3.63, 3.8) is 0 Å². The van der Waals surface area contributed by atoms with Gasteiger partial charge >= 0.3 is 0 Å². The summed E-state index contributed by atoms with van der Waals surface area (Å²) >= 11 is 0. The van der Waals surface area contributed by atoms with Crippen molar-refractivity contribution < 1.29 is 0 Å². The van der Waals surface area contributed by atoms with Gasteiger partial charge in [-0.2, -0.15) is 0 Å². The van der Waals surface area contributed by atoms with Gasteiger partial charge in [0.25, 0.3) is 0 Å². The normalized spacial score (nSPS) is 9.50. The number of rotatable bonds is 2. The minimum atomic E-state index is 0.648. The van der Waals surface area contributed by atoms with E-state index in [9.17, 15) is 0 Å². The van der Waals surface area contributed by atoms with Crippen molar-refractivity contribution in [3.05, 3.63) is 24.0 Å². The Morgan fingerprint density at radius 1 is 1.33 bits per heavy atom. The zero-order valence-corrected chi connectivity index (χ0v) is 8.96. The van der Waals surface area contributed by atoms with Crippen LogP contribution in [0.3, 0.4) is 0 Å². The van der Waals surface area contributed by atoms with Crippen LogP contribution in [0.2, 0.25) is 0 Å². The summed E-state index contributed by atoms with van der Waals surface area (Å²) in [6.07, 6.45) is 2.13. The van der Waals surface area contributed by atoms with Crippen molar-refractivity contribution in [3.8, 4) is 0 Å². The van der Waals surface area contributed by atoms with Gasteiger partial charge in [-0.05, 0) is 25.0 Å². The van der Waals surface area contributed by atoms with E-state index in [0.717, 1.165) is 6.54 Å². The maximum absolute atomic E-state index is 2.28. The summed E-state index contributed by atoms with van der Waals surface area (Å²) in [5.74, 6) is 0.648. The molecule has 0 radical (unpaired) electrons. The summed E-state index contributed by atoms with van der Waals surface area (Å²) in [7, 11) is 0. The standard InChI is InChI=1S/C9H15N.C2H6/c1-4-10-7-5-6-9(10)8(2)3;1-2/h5-8H,4H2,1-3H3;1-2H3. The Kier molecular flexibility index (Phi) is 5.52. The molecule has 0 fully saturated rings. The molecule has 0 spiro atoms. The Balaban J connectivity index is 0.000000561. The second-order valence-electron chi connectivity index (χ2n) is 2.87. The molecule has 70 valence electrons. The fourth-order valence-electron chi connectivity index (χ4n) is 1.24. The van der Waals surface area contributed by atoms with E-state index in [1.807, 2.05) is 13.8 Å². The molecule has 0 aliphatic heterocycles. The molecule has 1 aromatic heterocycles. The summed E-state index contributed by atoms with van der Waals surface area (Å²) in [6, 6.07) is 4.30. The van der Waals surface area contributed by atoms with Crippen LogP contribution in [0.5, 0.6) is 0 Å². The lowest BCUT2D eigenvalue weighted by molar-refractivity contribution is 0.673. The molecule has 12 heavy (non-hydrogen) atoms. The fraction of sp³-hybridized carbons (Fsp3) is 0.636. The van der Waals surface area contributed by atoms with E-state index in [-0.39, 0.29) is 0 Å². The molecule has 1 heterocycles. The van der Waals surface area contributed by atoms with Crippen LogP contribution in [-0.2, 0) is 6.54 Å². The highest BCUT2D eigenvalue weighted by atomic mass is 15.0. The van der Waals surface area contributed by atoms with E-state index in [0.29, 0.717) is 5.92 Å². The molecule has 1 rings (SSSR count). The maximum Gasteiger partial charge on any atom is 0.0200 e. The molecule has 0 bridgehead atoms. The van der Waals surface area contributed by atoms with Gasteiger partial charge in [0.15, 0.2) is 0 Å². The van der Waals surface area contributed by atoms with E-state index in [4.69, 9.17) is 0 Å². The summed E-state index contributed by atoms with van der Waals surface area (Å²) < 4.78 is 2.28. The summed E-state index contributed by atoms with van der Waals surface area (Å²) in [5, 5.41) is 0. The van der Waals surface area contributed by atoms with Crippen LogP contribution in [-0.4, -0.2) is 4.57 Å². The second-order valence-corrected chi connectivity index (χ2v) is 2.87. The quantitative estimate of drug-likeness (QED) is 0.633. The average Bonchev–Trinajstić information content (AvgIpc) is 2.55. The van der Waals surface area contributed by atoms with Crippen molar-refractivity contribution in [1.82, 2.24) is 4.57 Å². The second kappa shape index (κ2) is 5.87. The number of aryl methyl sites for hydroxylation is 1.